The summed E-state index contributed by atoms with van der Waals surface area (Å²) in [5.41, 5.74) is 1.31. The number of carboxylic acid groups (broad SMARTS) is 1. The number of benzene rings is 2. The monoisotopic (exact) mass is 732 g/mol. The van der Waals surface area contributed by atoms with Crippen LogP contribution >= 0.6 is 23.2 Å². The number of fused-ring (bicyclic) bond motifs is 1. The zero-order chi connectivity index (χ0) is 35.7. The molecule has 48 heavy (non-hydrogen) atoms. The molecule has 2 aromatic carbocycles. The van der Waals surface area contributed by atoms with Crippen molar-refractivity contribution in [3.63, 3.8) is 0 Å². The Morgan fingerprint density at radius 2 is 1.77 bits per heavy atom. The molecule has 0 aliphatic rings. The van der Waals surface area contributed by atoms with Crippen molar-refractivity contribution in [1.29, 1.82) is 0 Å². The van der Waals surface area contributed by atoms with Gasteiger partial charge in [0.2, 0.25) is 15.9 Å². The lowest BCUT2D eigenvalue weighted by Gasteiger charge is -2.25. The zero-order valence-electron chi connectivity index (χ0n) is 25.9. The van der Waals surface area contributed by atoms with Crippen LogP contribution in [0.15, 0.2) is 59.9 Å². The summed E-state index contributed by atoms with van der Waals surface area (Å²) in [6.45, 7) is 6.42. The lowest BCUT2D eigenvalue weighted by atomic mass is 10.1. The van der Waals surface area contributed by atoms with E-state index >= 15 is 0 Å². The van der Waals surface area contributed by atoms with Crippen LogP contribution in [0.4, 0.5) is 13.2 Å². The SMILES string of the molecule is Cc1ccc2cccc(OCc3c(Cl)ccc(S(=O)(=O)NC(C)(C)C(=O)NCCCNCc4cnc[nH]4)c3Cl)c2n1.O=C(O)C(F)(F)F. The number of para-hydroxylation sites is 1. The standard InChI is InChI=1S/C28H32Cl2N6O4S.C2HF3O2/c1-18-8-9-19-6-4-7-23(26(19)35-18)40-16-21-22(29)10-11-24(25(21)30)41(38,39)36-28(2,3)27(37)33-13-5-12-31-14-20-15-32-17-34-20;3-2(4,5)1(6)7/h4,6-11,15,17,31,36H,5,12-14,16H2,1-3H3,(H,32,34)(H,33,37);(H,6,7). The van der Waals surface area contributed by atoms with Gasteiger partial charge in [-0.05, 0) is 58.0 Å². The average molecular weight is 734 g/mol. The van der Waals surface area contributed by atoms with Gasteiger partial charge >= 0.3 is 12.1 Å². The Hall–Kier alpha value is -3.96. The number of hydrogen-bond acceptors (Lipinski definition) is 8. The molecule has 2 aromatic heterocycles. The van der Waals surface area contributed by atoms with Gasteiger partial charge in [-0.1, -0.05) is 41.4 Å². The number of carboxylic acids is 1. The minimum Gasteiger partial charge on any atom is -0.487 e. The molecule has 4 rings (SSSR count). The predicted molar refractivity (Wildman–Crippen MR) is 173 cm³/mol. The van der Waals surface area contributed by atoms with Gasteiger partial charge in [-0.2, -0.15) is 17.9 Å². The first-order chi connectivity index (χ1) is 22.4. The number of aliphatic carboxylic acids is 1. The number of hydrogen-bond donors (Lipinski definition) is 5. The maximum Gasteiger partial charge on any atom is 0.490 e. The number of alkyl halides is 3. The average Bonchev–Trinajstić information content (AvgIpc) is 3.51. The van der Waals surface area contributed by atoms with Crippen LogP contribution in [-0.2, 0) is 32.8 Å². The molecule has 0 aliphatic carbocycles. The van der Waals surface area contributed by atoms with Gasteiger partial charge in [0.25, 0.3) is 0 Å². The Bertz CT molecular complexity index is 1840. The predicted octanol–water partition coefficient (Wildman–Crippen LogP) is 5.14. The van der Waals surface area contributed by atoms with Crippen molar-refractivity contribution in [3.8, 4) is 5.75 Å². The van der Waals surface area contributed by atoms with Crippen LogP contribution in [0.5, 0.6) is 5.75 Å². The molecule has 1 amide bonds. The number of aromatic nitrogens is 3. The number of ether oxygens (including phenoxy) is 1. The third-order valence-electron chi connectivity index (χ3n) is 6.52. The van der Waals surface area contributed by atoms with Crippen LogP contribution in [-0.4, -0.2) is 65.2 Å². The molecule has 4 aromatic rings. The van der Waals surface area contributed by atoms with Gasteiger partial charge < -0.3 is 25.5 Å². The fraction of sp³-hybridized carbons (Fsp3) is 0.333. The summed E-state index contributed by atoms with van der Waals surface area (Å²) in [6, 6.07) is 12.1. The van der Waals surface area contributed by atoms with Crippen molar-refractivity contribution >= 4 is 56.0 Å². The second kappa shape index (κ2) is 16.4. The van der Waals surface area contributed by atoms with E-state index in [1.807, 2.05) is 31.2 Å². The third kappa shape index (κ3) is 10.8. The number of rotatable bonds is 13. The first-order valence-corrected chi connectivity index (χ1v) is 16.4. The van der Waals surface area contributed by atoms with Crippen molar-refractivity contribution in [2.75, 3.05) is 13.1 Å². The number of aromatic amines is 1. The minimum atomic E-state index is -5.08. The molecule has 0 saturated heterocycles. The largest absolute Gasteiger partial charge is 0.490 e. The van der Waals surface area contributed by atoms with Crippen LogP contribution in [0.25, 0.3) is 10.9 Å². The molecule has 0 spiro atoms. The van der Waals surface area contributed by atoms with E-state index in [1.165, 1.54) is 26.0 Å². The number of nitrogens with zero attached hydrogens (tertiary/aromatic N) is 2. The Morgan fingerprint density at radius 3 is 2.42 bits per heavy atom. The summed E-state index contributed by atoms with van der Waals surface area (Å²) in [5, 5.41) is 14.2. The quantitative estimate of drug-likeness (QED) is 0.117. The molecule has 0 unspecified atom stereocenters. The van der Waals surface area contributed by atoms with Gasteiger partial charge in [0.15, 0.2) is 0 Å². The van der Waals surface area contributed by atoms with Crippen LogP contribution < -0.4 is 20.1 Å². The summed E-state index contributed by atoms with van der Waals surface area (Å²) in [7, 11) is -4.21. The highest BCUT2D eigenvalue weighted by Crippen LogP contribution is 2.33. The fourth-order valence-electron chi connectivity index (χ4n) is 4.08. The molecule has 0 bridgehead atoms. The van der Waals surface area contributed by atoms with Gasteiger partial charge in [-0.25, -0.2) is 23.2 Å². The summed E-state index contributed by atoms with van der Waals surface area (Å²) in [4.78, 5) is 33.0. The Labute approximate surface area is 284 Å². The highest BCUT2D eigenvalue weighted by molar-refractivity contribution is 7.89. The summed E-state index contributed by atoms with van der Waals surface area (Å²) in [5.74, 6) is -2.71. The van der Waals surface area contributed by atoms with Gasteiger partial charge in [0.05, 0.1) is 11.3 Å². The number of pyridine rings is 1. The molecule has 0 saturated carbocycles. The molecule has 0 atom stereocenters. The lowest BCUT2D eigenvalue weighted by Crippen LogP contribution is -2.54. The molecule has 260 valence electrons. The third-order valence-corrected chi connectivity index (χ3v) is 9.12. The van der Waals surface area contributed by atoms with Gasteiger partial charge in [0, 0.05) is 46.6 Å². The number of halogens is 5. The Kier molecular flexibility index (Phi) is 13.2. The van der Waals surface area contributed by atoms with Crippen molar-refractivity contribution in [1.82, 2.24) is 30.3 Å². The van der Waals surface area contributed by atoms with E-state index in [9.17, 15) is 26.4 Å². The van der Waals surface area contributed by atoms with E-state index in [4.69, 9.17) is 37.8 Å². The molecule has 0 fully saturated rings. The summed E-state index contributed by atoms with van der Waals surface area (Å²) >= 11 is 13.0. The van der Waals surface area contributed by atoms with Crippen LogP contribution in [0.1, 0.15) is 37.2 Å². The molecular formula is C30H33Cl2F3N6O6S. The number of aryl methyl sites for hydroxylation is 1. The normalized spacial score (nSPS) is 11.9. The molecule has 0 radical (unpaired) electrons. The van der Waals surface area contributed by atoms with Gasteiger partial charge in [-0.15, -0.1) is 0 Å². The zero-order valence-corrected chi connectivity index (χ0v) is 28.2. The van der Waals surface area contributed by atoms with Gasteiger partial charge in [0.1, 0.15) is 28.3 Å². The number of H-pyrrole nitrogens is 1. The number of carbonyl (C=O) groups excluding carboxylic acids is 1. The first-order valence-electron chi connectivity index (χ1n) is 14.2. The second-order valence-corrected chi connectivity index (χ2v) is 13.2. The number of amides is 1. The van der Waals surface area contributed by atoms with E-state index in [0.717, 1.165) is 16.8 Å². The number of imidazole rings is 1. The van der Waals surface area contributed by atoms with E-state index in [2.05, 4.69) is 30.3 Å². The molecule has 18 heteroatoms. The highest BCUT2D eigenvalue weighted by Gasteiger charge is 2.38. The van der Waals surface area contributed by atoms with Crippen LogP contribution in [0, 0.1) is 6.92 Å². The lowest BCUT2D eigenvalue weighted by molar-refractivity contribution is -0.192. The molecule has 2 heterocycles. The highest BCUT2D eigenvalue weighted by atomic mass is 35.5. The molecule has 0 aliphatic heterocycles. The van der Waals surface area contributed by atoms with Crippen molar-refractivity contribution in [3.05, 3.63) is 82.0 Å². The smallest absolute Gasteiger partial charge is 0.487 e. The van der Waals surface area contributed by atoms with Crippen molar-refractivity contribution < 1.29 is 41.0 Å². The Balaban J connectivity index is 0.000000804. The van der Waals surface area contributed by atoms with Crippen LogP contribution in [0.3, 0.4) is 0 Å². The van der Waals surface area contributed by atoms with E-state index < -0.39 is 33.6 Å². The first kappa shape index (κ1) is 38.5. The second-order valence-electron chi connectivity index (χ2n) is 10.8. The van der Waals surface area contributed by atoms with Gasteiger partial charge in [-0.3, -0.25) is 4.79 Å². The number of nitrogens with one attached hydrogen (secondary N) is 4. The summed E-state index contributed by atoms with van der Waals surface area (Å²) in [6.07, 6.45) is -1.09. The maximum absolute atomic E-state index is 13.4. The van der Waals surface area contributed by atoms with E-state index in [0.29, 0.717) is 42.9 Å². The summed E-state index contributed by atoms with van der Waals surface area (Å²) < 4.78 is 66.9. The number of carbonyl (C=O) groups is 2. The van der Waals surface area contributed by atoms with Crippen molar-refractivity contribution in [2.45, 2.75) is 57.0 Å². The fourth-order valence-corrected chi connectivity index (χ4v) is 6.34. The van der Waals surface area contributed by atoms with Crippen LogP contribution in [0.2, 0.25) is 10.0 Å². The minimum absolute atomic E-state index is 0.0890. The van der Waals surface area contributed by atoms with E-state index in [1.54, 1.807) is 18.6 Å². The van der Waals surface area contributed by atoms with E-state index in [-0.39, 0.29) is 21.5 Å². The number of sulfonamides is 1. The topological polar surface area (TPSA) is 175 Å². The molecule has 5 N–H and O–H groups in total. The Morgan fingerprint density at radius 1 is 1.06 bits per heavy atom. The molecule has 12 nitrogen and oxygen atoms in total. The molecular weight excluding hydrogens is 700 g/mol. The van der Waals surface area contributed by atoms with Crippen molar-refractivity contribution in [2.24, 2.45) is 0 Å². The maximum atomic E-state index is 13.4.